The molecule has 0 aliphatic heterocycles. The molecule has 0 N–H and O–H groups in total. The molecule has 1 aliphatic rings. The molecule has 3 heteroatoms. The van der Waals surface area contributed by atoms with Crippen LogP contribution in [0.5, 0.6) is 0 Å². The highest BCUT2D eigenvalue weighted by molar-refractivity contribution is 5.40. The third kappa shape index (κ3) is 1.68. The lowest BCUT2D eigenvalue weighted by atomic mass is 9.57. The van der Waals surface area contributed by atoms with E-state index in [9.17, 15) is 9.18 Å². The Labute approximate surface area is 94.2 Å². The minimum absolute atomic E-state index is 0.114. The largest absolute Gasteiger partial charge is 0.235 e. The average Bonchev–Trinajstić information content (AvgIpc) is 2.15. The molecular formula is C13H14FNO. The van der Waals surface area contributed by atoms with Crippen molar-refractivity contribution in [3.63, 3.8) is 0 Å². The van der Waals surface area contributed by atoms with Crippen LogP contribution in [0.15, 0.2) is 29.3 Å². The average molecular weight is 219 g/mol. The summed E-state index contributed by atoms with van der Waals surface area (Å²) in [5.41, 5.74) is -0.0585. The number of aliphatic imine (C=N–C) groups is 1. The van der Waals surface area contributed by atoms with E-state index in [0.29, 0.717) is 18.4 Å². The van der Waals surface area contributed by atoms with E-state index in [1.807, 2.05) is 0 Å². The van der Waals surface area contributed by atoms with Crippen LogP contribution in [0.2, 0.25) is 0 Å². The number of hydrogen-bond acceptors (Lipinski definition) is 2. The third-order valence-electron chi connectivity index (χ3n) is 3.18. The molecule has 0 radical (unpaired) electrons. The van der Waals surface area contributed by atoms with Crippen LogP contribution in [0.3, 0.4) is 0 Å². The fourth-order valence-electron chi connectivity index (χ4n) is 2.79. The lowest BCUT2D eigenvalue weighted by Crippen LogP contribution is -2.45. The van der Waals surface area contributed by atoms with Gasteiger partial charge in [0, 0.05) is 5.56 Å². The normalized spacial score (nSPS) is 20.7. The third-order valence-corrected chi connectivity index (χ3v) is 3.18. The Hall–Kier alpha value is -1.47. The first kappa shape index (κ1) is 11.0. The molecule has 0 aromatic heterocycles. The van der Waals surface area contributed by atoms with Crippen molar-refractivity contribution in [3.8, 4) is 0 Å². The van der Waals surface area contributed by atoms with E-state index in [1.165, 1.54) is 6.07 Å². The van der Waals surface area contributed by atoms with E-state index in [2.05, 4.69) is 18.8 Å². The zero-order valence-corrected chi connectivity index (χ0v) is 9.46. The summed E-state index contributed by atoms with van der Waals surface area (Å²) in [5.74, 6) is -0.294. The topological polar surface area (TPSA) is 29.4 Å². The van der Waals surface area contributed by atoms with Crippen molar-refractivity contribution < 1.29 is 9.18 Å². The maximum atomic E-state index is 13.7. The van der Waals surface area contributed by atoms with Gasteiger partial charge in [0.15, 0.2) is 0 Å². The fourth-order valence-corrected chi connectivity index (χ4v) is 2.79. The minimum atomic E-state index is -0.684. The van der Waals surface area contributed by atoms with Crippen LogP contribution < -0.4 is 0 Å². The smallest absolute Gasteiger partial charge is 0.211 e. The Balaban J connectivity index is 2.44. The second-order valence-electron chi connectivity index (χ2n) is 5.23. The summed E-state index contributed by atoms with van der Waals surface area (Å²) in [6, 6.07) is 6.51. The molecule has 16 heavy (non-hydrogen) atoms. The molecule has 1 fully saturated rings. The van der Waals surface area contributed by atoms with Crippen molar-refractivity contribution in [2.45, 2.75) is 32.2 Å². The fraction of sp³-hybridized carbons (Fsp3) is 0.462. The Morgan fingerprint density at radius 1 is 1.31 bits per heavy atom. The molecule has 1 saturated carbocycles. The zero-order chi connectivity index (χ0) is 11.8. The SMILES string of the molecule is CC1(C)CC(N=C=O)(c2ccccc2F)C1. The van der Waals surface area contributed by atoms with Crippen molar-refractivity contribution in [2.75, 3.05) is 0 Å². The zero-order valence-electron chi connectivity index (χ0n) is 9.46. The van der Waals surface area contributed by atoms with Gasteiger partial charge in [-0.15, -0.1) is 0 Å². The summed E-state index contributed by atoms with van der Waals surface area (Å²) < 4.78 is 13.7. The van der Waals surface area contributed by atoms with Crippen molar-refractivity contribution in [1.82, 2.24) is 0 Å². The molecule has 0 saturated heterocycles. The van der Waals surface area contributed by atoms with Crippen LogP contribution in [0.1, 0.15) is 32.3 Å². The van der Waals surface area contributed by atoms with E-state index in [-0.39, 0.29) is 11.2 Å². The van der Waals surface area contributed by atoms with E-state index < -0.39 is 5.54 Å². The van der Waals surface area contributed by atoms with Crippen LogP contribution in [-0.2, 0) is 10.3 Å². The summed E-state index contributed by atoms with van der Waals surface area (Å²) in [5, 5.41) is 0. The van der Waals surface area contributed by atoms with Gasteiger partial charge < -0.3 is 0 Å². The summed E-state index contributed by atoms with van der Waals surface area (Å²) in [6.45, 7) is 4.18. The van der Waals surface area contributed by atoms with Gasteiger partial charge in [-0.05, 0) is 24.3 Å². The number of carbonyl (C=O) groups excluding carboxylic acids is 1. The molecular weight excluding hydrogens is 205 g/mol. The highest BCUT2D eigenvalue weighted by atomic mass is 19.1. The summed E-state index contributed by atoms with van der Waals surface area (Å²) in [4.78, 5) is 14.3. The molecule has 0 unspecified atom stereocenters. The molecule has 0 bridgehead atoms. The highest BCUT2D eigenvalue weighted by Crippen LogP contribution is 2.56. The predicted octanol–water partition coefficient (Wildman–Crippen LogP) is 3.18. The molecule has 1 aromatic rings. The number of benzene rings is 1. The number of rotatable bonds is 2. The maximum absolute atomic E-state index is 13.7. The first-order chi connectivity index (χ1) is 7.49. The maximum Gasteiger partial charge on any atom is 0.235 e. The predicted molar refractivity (Wildman–Crippen MR) is 59.2 cm³/mol. The lowest BCUT2D eigenvalue weighted by molar-refractivity contribution is 0.0611. The summed E-state index contributed by atoms with van der Waals surface area (Å²) in [6.07, 6.45) is 2.96. The van der Waals surface area contributed by atoms with Gasteiger partial charge in [-0.2, -0.15) is 4.99 Å². The van der Waals surface area contributed by atoms with E-state index in [0.717, 1.165) is 0 Å². The van der Waals surface area contributed by atoms with Crippen LogP contribution in [0.25, 0.3) is 0 Å². The molecule has 0 heterocycles. The Bertz CT molecular complexity index is 453. The quantitative estimate of drug-likeness (QED) is 0.555. The minimum Gasteiger partial charge on any atom is -0.211 e. The molecule has 0 spiro atoms. The molecule has 2 nitrogen and oxygen atoms in total. The Morgan fingerprint density at radius 2 is 1.94 bits per heavy atom. The van der Waals surface area contributed by atoms with Crippen LogP contribution >= 0.6 is 0 Å². The van der Waals surface area contributed by atoms with Gasteiger partial charge in [0.25, 0.3) is 0 Å². The summed E-state index contributed by atoms with van der Waals surface area (Å²) in [7, 11) is 0. The van der Waals surface area contributed by atoms with Gasteiger partial charge in [0.1, 0.15) is 11.4 Å². The van der Waals surface area contributed by atoms with Gasteiger partial charge in [0.05, 0.1) is 0 Å². The van der Waals surface area contributed by atoms with Crippen LogP contribution in [0.4, 0.5) is 4.39 Å². The van der Waals surface area contributed by atoms with Gasteiger partial charge in [-0.3, -0.25) is 0 Å². The molecule has 84 valence electrons. The number of nitrogens with zero attached hydrogens (tertiary/aromatic N) is 1. The second kappa shape index (κ2) is 3.53. The molecule has 1 aliphatic carbocycles. The molecule has 1 aromatic carbocycles. The Kier molecular flexibility index (Phi) is 2.43. The van der Waals surface area contributed by atoms with Crippen molar-refractivity contribution in [1.29, 1.82) is 0 Å². The number of isocyanates is 1. The van der Waals surface area contributed by atoms with Crippen molar-refractivity contribution >= 4 is 6.08 Å². The standard InChI is InChI=1S/C13H14FNO/c1-12(2)7-13(8-12,15-9-16)10-5-3-4-6-11(10)14/h3-6H,7-8H2,1-2H3. The van der Waals surface area contributed by atoms with Crippen LogP contribution in [0, 0.1) is 11.2 Å². The molecule has 2 rings (SSSR count). The lowest BCUT2D eigenvalue weighted by Gasteiger charge is -2.50. The first-order valence-electron chi connectivity index (χ1n) is 5.33. The van der Waals surface area contributed by atoms with E-state index >= 15 is 0 Å². The monoisotopic (exact) mass is 219 g/mol. The van der Waals surface area contributed by atoms with Crippen molar-refractivity contribution in [2.24, 2.45) is 10.4 Å². The van der Waals surface area contributed by atoms with E-state index in [4.69, 9.17) is 0 Å². The Morgan fingerprint density at radius 3 is 2.44 bits per heavy atom. The second-order valence-corrected chi connectivity index (χ2v) is 5.23. The first-order valence-corrected chi connectivity index (χ1v) is 5.33. The number of halogens is 1. The van der Waals surface area contributed by atoms with Gasteiger partial charge in [-0.1, -0.05) is 32.0 Å². The molecule has 0 atom stereocenters. The van der Waals surface area contributed by atoms with Gasteiger partial charge in [-0.25, -0.2) is 9.18 Å². The van der Waals surface area contributed by atoms with Gasteiger partial charge in [0.2, 0.25) is 6.08 Å². The van der Waals surface area contributed by atoms with Gasteiger partial charge >= 0.3 is 0 Å². The number of hydrogen-bond donors (Lipinski definition) is 0. The van der Waals surface area contributed by atoms with E-state index in [1.54, 1.807) is 24.3 Å². The summed E-state index contributed by atoms with van der Waals surface area (Å²) >= 11 is 0. The van der Waals surface area contributed by atoms with Crippen LogP contribution in [-0.4, -0.2) is 6.08 Å². The molecule has 0 amide bonds. The van der Waals surface area contributed by atoms with Crippen molar-refractivity contribution in [3.05, 3.63) is 35.6 Å². The highest BCUT2D eigenvalue weighted by Gasteiger charge is 2.51.